The van der Waals surface area contributed by atoms with Gasteiger partial charge in [-0.2, -0.15) is 0 Å². The molecule has 2 aromatic carbocycles. The number of nitrogens with one attached hydrogen (secondary N) is 1. The number of benzene rings is 2. The minimum atomic E-state index is -0.303. The van der Waals surface area contributed by atoms with Crippen molar-refractivity contribution in [1.82, 2.24) is 10.2 Å². The summed E-state index contributed by atoms with van der Waals surface area (Å²) in [5.41, 5.74) is 2.08. The molecule has 30 heavy (non-hydrogen) atoms. The van der Waals surface area contributed by atoms with E-state index in [0.29, 0.717) is 16.7 Å². The summed E-state index contributed by atoms with van der Waals surface area (Å²) >= 11 is 1.62. The van der Waals surface area contributed by atoms with Gasteiger partial charge in [-0.3, -0.25) is 19.3 Å². The minimum Gasteiger partial charge on any atom is -0.344 e. The lowest BCUT2D eigenvalue weighted by Gasteiger charge is -2.21. The molecule has 5 nitrogen and oxygen atoms in total. The molecular formula is C24H22N2O3S. The van der Waals surface area contributed by atoms with Gasteiger partial charge >= 0.3 is 0 Å². The SMILES string of the molecule is CC(C)[C@H](NC(=O)c1cccc(CN2C(=O)c3ccccc3C2=O)c1)c1cccs1. The molecule has 1 aliphatic heterocycles. The predicted molar refractivity (Wildman–Crippen MR) is 116 cm³/mol. The van der Waals surface area contributed by atoms with Crippen LogP contribution >= 0.6 is 11.3 Å². The summed E-state index contributed by atoms with van der Waals surface area (Å²) in [4.78, 5) is 40.5. The molecule has 1 aliphatic rings. The van der Waals surface area contributed by atoms with Crippen molar-refractivity contribution in [2.45, 2.75) is 26.4 Å². The van der Waals surface area contributed by atoms with Crippen molar-refractivity contribution in [1.29, 1.82) is 0 Å². The Morgan fingerprint density at radius 2 is 1.67 bits per heavy atom. The standard InChI is InChI=1S/C24H22N2O3S/c1-15(2)21(20-11-6-12-30-20)25-22(27)17-8-5-7-16(13-17)14-26-23(28)18-9-3-4-10-19(18)24(26)29/h3-13,15,21H,14H2,1-2H3,(H,25,27)/t21-/m0/s1. The molecular weight excluding hydrogens is 396 g/mol. The van der Waals surface area contributed by atoms with Crippen molar-refractivity contribution in [3.05, 3.63) is 93.2 Å². The maximum Gasteiger partial charge on any atom is 0.261 e. The molecule has 4 rings (SSSR count). The van der Waals surface area contributed by atoms with Gasteiger partial charge in [-0.15, -0.1) is 11.3 Å². The molecule has 0 unspecified atom stereocenters. The van der Waals surface area contributed by atoms with Gasteiger partial charge in [0.1, 0.15) is 0 Å². The number of nitrogens with zero attached hydrogens (tertiary/aromatic N) is 1. The second-order valence-electron chi connectivity index (χ2n) is 7.65. The summed E-state index contributed by atoms with van der Waals surface area (Å²) in [5, 5.41) is 5.11. The summed E-state index contributed by atoms with van der Waals surface area (Å²) in [6.07, 6.45) is 0. The number of amides is 3. The van der Waals surface area contributed by atoms with E-state index in [2.05, 4.69) is 19.2 Å². The molecule has 2 heterocycles. The molecule has 152 valence electrons. The first-order valence-corrected chi connectivity index (χ1v) is 10.7. The number of thiophene rings is 1. The number of hydrogen-bond acceptors (Lipinski definition) is 4. The molecule has 0 saturated heterocycles. The van der Waals surface area contributed by atoms with Crippen LogP contribution in [0.1, 0.15) is 61.4 Å². The molecule has 0 aliphatic carbocycles. The summed E-state index contributed by atoms with van der Waals surface area (Å²) in [5.74, 6) is -0.536. The van der Waals surface area contributed by atoms with Crippen molar-refractivity contribution < 1.29 is 14.4 Å². The van der Waals surface area contributed by atoms with Crippen LogP contribution in [0.15, 0.2) is 66.0 Å². The quantitative estimate of drug-likeness (QED) is 0.592. The van der Waals surface area contributed by atoms with Gasteiger partial charge in [0.2, 0.25) is 0 Å². The zero-order chi connectivity index (χ0) is 21.3. The number of carbonyl (C=O) groups is 3. The van der Waals surface area contributed by atoms with Crippen LogP contribution in [0.3, 0.4) is 0 Å². The van der Waals surface area contributed by atoms with Crippen molar-refractivity contribution in [3.8, 4) is 0 Å². The molecule has 1 aromatic heterocycles. The van der Waals surface area contributed by atoms with E-state index in [4.69, 9.17) is 0 Å². The van der Waals surface area contributed by atoms with E-state index >= 15 is 0 Å². The zero-order valence-corrected chi connectivity index (χ0v) is 17.6. The van der Waals surface area contributed by atoms with Crippen molar-refractivity contribution >= 4 is 29.1 Å². The highest BCUT2D eigenvalue weighted by molar-refractivity contribution is 7.10. The zero-order valence-electron chi connectivity index (χ0n) is 16.8. The predicted octanol–water partition coefficient (Wildman–Crippen LogP) is 4.67. The molecule has 0 fully saturated rings. The number of rotatable bonds is 6. The Bertz CT molecular complexity index is 1070. The molecule has 0 spiro atoms. The lowest BCUT2D eigenvalue weighted by atomic mass is 10.0. The van der Waals surface area contributed by atoms with Gasteiger partial charge in [0.05, 0.1) is 23.7 Å². The van der Waals surface area contributed by atoms with Crippen LogP contribution in [0, 0.1) is 5.92 Å². The van der Waals surface area contributed by atoms with Crippen LogP contribution in [0.4, 0.5) is 0 Å². The van der Waals surface area contributed by atoms with E-state index in [1.807, 2.05) is 23.6 Å². The van der Waals surface area contributed by atoms with E-state index in [-0.39, 0.29) is 36.2 Å². The third-order valence-electron chi connectivity index (χ3n) is 5.21. The normalized spacial score (nSPS) is 14.2. The molecule has 0 radical (unpaired) electrons. The van der Waals surface area contributed by atoms with E-state index in [9.17, 15) is 14.4 Å². The summed E-state index contributed by atoms with van der Waals surface area (Å²) in [7, 11) is 0. The summed E-state index contributed by atoms with van der Waals surface area (Å²) < 4.78 is 0. The largest absolute Gasteiger partial charge is 0.344 e. The van der Waals surface area contributed by atoms with Crippen LogP contribution in [-0.2, 0) is 6.54 Å². The maximum atomic E-state index is 12.9. The highest BCUT2D eigenvalue weighted by Crippen LogP contribution is 2.27. The van der Waals surface area contributed by atoms with E-state index in [1.54, 1.807) is 53.8 Å². The Kier molecular flexibility index (Phi) is 5.50. The monoisotopic (exact) mass is 418 g/mol. The van der Waals surface area contributed by atoms with Crippen molar-refractivity contribution in [2.75, 3.05) is 0 Å². The van der Waals surface area contributed by atoms with Gasteiger partial charge in [0.25, 0.3) is 17.7 Å². The lowest BCUT2D eigenvalue weighted by molar-refractivity contribution is 0.0642. The van der Waals surface area contributed by atoms with E-state index in [0.717, 1.165) is 10.4 Å². The Morgan fingerprint density at radius 3 is 2.27 bits per heavy atom. The van der Waals surface area contributed by atoms with Gasteiger partial charge in [-0.25, -0.2) is 0 Å². The molecule has 3 amide bonds. The fourth-order valence-electron chi connectivity index (χ4n) is 3.64. The highest BCUT2D eigenvalue weighted by Gasteiger charge is 2.35. The lowest BCUT2D eigenvalue weighted by Crippen LogP contribution is -2.31. The first-order chi connectivity index (χ1) is 14.5. The van der Waals surface area contributed by atoms with Crippen molar-refractivity contribution in [2.24, 2.45) is 5.92 Å². The van der Waals surface area contributed by atoms with Gasteiger partial charge in [-0.1, -0.05) is 44.2 Å². The number of carbonyl (C=O) groups excluding carboxylic acids is 3. The fraction of sp³-hybridized carbons (Fsp3) is 0.208. The van der Waals surface area contributed by atoms with Gasteiger partial charge in [-0.05, 0) is 47.2 Å². The molecule has 3 aromatic rings. The number of fused-ring (bicyclic) bond motifs is 1. The molecule has 6 heteroatoms. The van der Waals surface area contributed by atoms with E-state index in [1.165, 1.54) is 4.90 Å². The molecule has 0 bridgehead atoms. The van der Waals surface area contributed by atoms with Crippen LogP contribution in [0.5, 0.6) is 0 Å². The van der Waals surface area contributed by atoms with Crippen LogP contribution in [0.2, 0.25) is 0 Å². The van der Waals surface area contributed by atoms with E-state index < -0.39 is 0 Å². The minimum absolute atomic E-state index is 0.0719. The summed E-state index contributed by atoms with van der Waals surface area (Å²) in [6, 6.07) is 17.8. The van der Waals surface area contributed by atoms with Gasteiger partial charge in [0.15, 0.2) is 0 Å². The maximum absolute atomic E-state index is 12.9. The average Bonchev–Trinajstić information content (AvgIpc) is 3.36. The smallest absolute Gasteiger partial charge is 0.261 e. The molecule has 0 saturated carbocycles. The first kappa shape index (κ1) is 20.0. The average molecular weight is 419 g/mol. The fourth-order valence-corrected chi connectivity index (χ4v) is 4.58. The number of hydrogen-bond donors (Lipinski definition) is 1. The van der Waals surface area contributed by atoms with Crippen LogP contribution < -0.4 is 5.32 Å². The Morgan fingerprint density at radius 1 is 0.967 bits per heavy atom. The second-order valence-corrected chi connectivity index (χ2v) is 8.63. The first-order valence-electron chi connectivity index (χ1n) is 9.84. The Labute approximate surface area is 179 Å². The van der Waals surface area contributed by atoms with Gasteiger partial charge < -0.3 is 5.32 Å². The Hall–Kier alpha value is -3.25. The van der Waals surface area contributed by atoms with Crippen molar-refractivity contribution in [3.63, 3.8) is 0 Å². The van der Waals surface area contributed by atoms with Crippen LogP contribution in [-0.4, -0.2) is 22.6 Å². The van der Waals surface area contributed by atoms with Crippen LogP contribution in [0.25, 0.3) is 0 Å². The Balaban J connectivity index is 1.51. The third-order valence-corrected chi connectivity index (χ3v) is 6.17. The van der Waals surface area contributed by atoms with Gasteiger partial charge in [0, 0.05) is 10.4 Å². The number of imide groups is 1. The molecule has 1 atom stereocenters. The topological polar surface area (TPSA) is 66.5 Å². The molecule has 1 N–H and O–H groups in total. The summed E-state index contributed by atoms with van der Waals surface area (Å²) in [6.45, 7) is 4.28. The third kappa shape index (κ3) is 3.78. The second kappa shape index (κ2) is 8.24. The highest BCUT2D eigenvalue weighted by atomic mass is 32.1.